The molecule has 1 aliphatic heterocycles. The van der Waals surface area contributed by atoms with Gasteiger partial charge in [-0.3, -0.25) is 10.1 Å². The summed E-state index contributed by atoms with van der Waals surface area (Å²) in [5.74, 6) is -0.610. The second-order valence-corrected chi connectivity index (χ2v) is 8.25. The lowest BCUT2D eigenvalue weighted by atomic mass is 9.81. The second-order valence-electron chi connectivity index (χ2n) is 5.88. The first kappa shape index (κ1) is 17.2. The van der Waals surface area contributed by atoms with Crippen molar-refractivity contribution in [2.75, 3.05) is 19.6 Å². The molecule has 1 heterocycles. The van der Waals surface area contributed by atoms with Gasteiger partial charge in [-0.15, -0.1) is 0 Å². The molecule has 7 heteroatoms. The van der Waals surface area contributed by atoms with Gasteiger partial charge >= 0.3 is 0 Å². The SMILES string of the molecule is O=[N+]([O-])C[C@@H]([C@H]1CCCC=C1N1CCCCC1)C(Cl)(Cl)Cl. The van der Waals surface area contributed by atoms with Crippen molar-refractivity contribution >= 4 is 34.8 Å². The number of hydrogen-bond acceptors (Lipinski definition) is 3. The highest BCUT2D eigenvalue weighted by molar-refractivity contribution is 6.67. The van der Waals surface area contributed by atoms with Gasteiger partial charge in [-0.2, -0.15) is 0 Å². The highest BCUT2D eigenvalue weighted by Gasteiger charge is 2.45. The third-order valence-electron chi connectivity index (χ3n) is 4.43. The van der Waals surface area contributed by atoms with Gasteiger partial charge in [0.05, 0.1) is 5.92 Å². The van der Waals surface area contributed by atoms with E-state index in [-0.39, 0.29) is 17.4 Å². The number of nitro groups is 1. The average molecular weight is 356 g/mol. The molecule has 2 aliphatic rings. The molecule has 0 unspecified atom stereocenters. The van der Waals surface area contributed by atoms with Crippen LogP contribution < -0.4 is 0 Å². The quantitative estimate of drug-likeness (QED) is 0.426. The molecule has 0 saturated carbocycles. The van der Waals surface area contributed by atoms with Crippen LogP contribution in [0.3, 0.4) is 0 Å². The van der Waals surface area contributed by atoms with Crippen LogP contribution in [0.5, 0.6) is 0 Å². The molecule has 0 aromatic rings. The molecule has 0 aromatic heterocycles. The van der Waals surface area contributed by atoms with Crippen LogP contribution in [-0.4, -0.2) is 33.3 Å². The van der Waals surface area contributed by atoms with Crippen molar-refractivity contribution in [3.8, 4) is 0 Å². The number of hydrogen-bond donors (Lipinski definition) is 0. The predicted molar refractivity (Wildman–Crippen MR) is 86.5 cm³/mol. The number of alkyl halides is 3. The first-order valence-electron chi connectivity index (χ1n) is 7.53. The Kier molecular flexibility index (Phi) is 6.04. The molecule has 1 aliphatic carbocycles. The van der Waals surface area contributed by atoms with Crippen LogP contribution in [0.1, 0.15) is 38.5 Å². The lowest BCUT2D eigenvalue weighted by Gasteiger charge is -2.41. The van der Waals surface area contributed by atoms with Gasteiger partial charge in [0.2, 0.25) is 6.54 Å². The van der Waals surface area contributed by atoms with Crippen molar-refractivity contribution in [2.24, 2.45) is 11.8 Å². The standard InChI is InChI=1S/C14H21Cl3N2O2/c15-14(16,17)12(10-19(20)21)11-6-2-3-7-13(11)18-8-4-1-5-9-18/h7,11-12H,1-6,8-10H2/t11-,12+/m1/s1. The lowest BCUT2D eigenvalue weighted by molar-refractivity contribution is -0.489. The van der Waals surface area contributed by atoms with Crippen LogP contribution in [0.4, 0.5) is 0 Å². The fourth-order valence-corrected chi connectivity index (χ4v) is 4.09. The Bertz CT molecular complexity index is 404. The number of likely N-dealkylation sites (tertiary alicyclic amines) is 1. The third-order valence-corrected chi connectivity index (χ3v) is 5.27. The van der Waals surface area contributed by atoms with Gasteiger partial charge in [0, 0.05) is 29.6 Å². The van der Waals surface area contributed by atoms with Crippen LogP contribution in [0, 0.1) is 22.0 Å². The summed E-state index contributed by atoms with van der Waals surface area (Å²) in [7, 11) is 0. The second kappa shape index (κ2) is 7.38. The number of piperidine rings is 1. The predicted octanol–water partition coefficient (Wildman–Crippen LogP) is 4.42. The van der Waals surface area contributed by atoms with Crippen molar-refractivity contribution < 1.29 is 4.92 Å². The molecule has 2 rings (SSSR count). The number of halogens is 3. The molecule has 1 fully saturated rings. The van der Waals surface area contributed by atoms with Gasteiger partial charge in [0.25, 0.3) is 0 Å². The minimum atomic E-state index is -1.61. The maximum absolute atomic E-state index is 11.0. The van der Waals surface area contributed by atoms with E-state index < -0.39 is 9.71 Å². The summed E-state index contributed by atoms with van der Waals surface area (Å²) in [4.78, 5) is 13.0. The Morgan fingerprint density at radius 1 is 1.29 bits per heavy atom. The molecule has 0 bridgehead atoms. The molecule has 0 spiro atoms. The Morgan fingerprint density at radius 3 is 2.52 bits per heavy atom. The van der Waals surface area contributed by atoms with Gasteiger partial charge in [-0.25, -0.2) is 0 Å². The van der Waals surface area contributed by atoms with Crippen molar-refractivity contribution in [3.05, 3.63) is 21.9 Å². The van der Waals surface area contributed by atoms with Crippen LogP contribution in [0.2, 0.25) is 0 Å². The number of nitrogens with zero attached hydrogens (tertiary/aromatic N) is 2. The minimum absolute atomic E-state index is 0.0326. The summed E-state index contributed by atoms with van der Waals surface area (Å²) < 4.78 is -1.61. The van der Waals surface area contributed by atoms with Crippen molar-refractivity contribution in [1.29, 1.82) is 0 Å². The molecular formula is C14H21Cl3N2O2. The first-order valence-corrected chi connectivity index (χ1v) is 8.66. The normalized spacial score (nSPS) is 25.4. The van der Waals surface area contributed by atoms with E-state index in [0.29, 0.717) is 0 Å². The van der Waals surface area contributed by atoms with E-state index in [1.165, 1.54) is 12.1 Å². The van der Waals surface area contributed by atoms with E-state index in [2.05, 4.69) is 11.0 Å². The summed E-state index contributed by atoms with van der Waals surface area (Å²) in [5, 5.41) is 11.0. The zero-order valence-corrected chi connectivity index (χ0v) is 14.2. The summed E-state index contributed by atoms with van der Waals surface area (Å²) in [6.45, 7) is 1.72. The van der Waals surface area contributed by atoms with Gasteiger partial charge < -0.3 is 4.90 Å². The number of rotatable bonds is 4. The van der Waals surface area contributed by atoms with E-state index in [0.717, 1.165) is 45.2 Å². The highest BCUT2D eigenvalue weighted by Crippen LogP contribution is 2.46. The monoisotopic (exact) mass is 354 g/mol. The number of allylic oxidation sites excluding steroid dienone is 2. The zero-order valence-electron chi connectivity index (χ0n) is 11.9. The first-order chi connectivity index (χ1) is 9.89. The van der Waals surface area contributed by atoms with E-state index in [4.69, 9.17) is 34.8 Å². The Labute approximate surface area is 140 Å². The van der Waals surface area contributed by atoms with Crippen LogP contribution in [-0.2, 0) is 0 Å². The third kappa shape index (κ3) is 4.64. The molecule has 0 N–H and O–H groups in total. The summed E-state index contributed by atoms with van der Waals surface area (Å²) in [6, 6.07) is 0. The largest absolute Gasteiger partial charge is 0.375 e. The van der Waals surface area contributed by atoms with Crippen molar-refractivity contribution in [1.82, 2.24) is 4.90 Å². The molecule has 120 valence electrons. The Balaban J connectivity index is 2.21. The fraction of sp³-hybridized carbons (Fsp3) is 0.857. The summed E-state index contributed by atoms with van der Waals surface area (Å²) >= 11 is 18.2. The Hall–Kier alpha value is -0.190. The molecule has 0 radical (unpaired) electrons. The lowest BCUT2D eigenvalue weighted by Crippen LogP contribution is -2.41. The Morgan fingerprint density at radius 2 is 1.95 bits per heavy atom. The maximum Gasteiger partial charge on any atom is 0.211 e. The average Bonchev–Trinajstić information content (AvgIpc) is 2.44. The van der Waals surface area contributed by atoms with E-state index in [1.807, 2.05) is 0 Å². The summed E-state index contributed by atoms with van der Waals surface area (Å²) in [5.41, 5.74) is 1.17. The molecule has 2 atom stereocenters. The minimum Gasteiger partial charge on any atom is -0.375 e. The summed E-state index contributed by atoms with van der Waals surface area (Å²) in [6.07, 6.45) is 8.63. The molecule has 21 heavy (non-hydrogen) atoms. The molecule has 1 saturated heterocycles. The van der Waals surface area contributed by atoms with Gasteiger partial charge in [0.1, 0.15) is 0 Å². The maximum atomic E-state index is 11.0. The molecule has 0 amide bonds. The molecule has 4 nitrogen and oxygen atoms in total. The molecule has 0 aromatic carbocycles. The van der Waals surface area contributed by atoms with Crippen molar-refractivity contribution in [2.45, 2.75) is 42.3 Å². The van der Waals surface area contributed by atoms with Gasteiger partial charge in [-0.1, -0.05) is 40.9 Å². The fourth-order valence-electron chi connectivity index (χ4n) is 3.43. The van der Waals surface area contributed by atoms with Gasteiger partial charge in [0.15, 0.2) is 3.79 Å². The van der Waals surface area contributed by atoms with Crippen LogP contribution in [0.25, 0.3) is 0 Å². The van der Waals surface area contributed by atoms with E-state index >= 15 is 0 Å². The van der Waals surface area contributed by atoms with Gasteiger partial charge in [-0.05, 0) is 38.5 Å². The zero-order chi connectivity index (χ0) is 15.5. The smallest absolute Gasteiger partial charge is 0.211 e. The van der Waals surface area contributed by atoms with Crippen molar-refractivity contribution in [3.63, 3.8) is 0 Å². The van der Waals surface area contributed by atoms with Crippen LogP contribution in [0.15, 0.2) is 11.8 Å². The molecular weight excluding hydrogens is 335 g/mol. The topological polar surface area (TPSA) is 46.4 Å². The van der Waals surface area contributed by atoms with E-state index in [9.17, 15) is 10.1 Å². The van der Waals surface area contributed by atoms with E-state index in [1.54, 1.807) is 0 Å². The van der Waals surface area contributed by atoms with Crippen LogP contribution >= 0.6 is 34.8 Å². The highest BCUT2D eigenvalue weighted by atomic mass is 35.6.